The number of quaternary nitrogens is 1. The van der Waals surface area contributed by atoms with Gasteiger partial charge in [0.25, 0.3) is 0 Å². The molecular weight excluding hydrogens is 444 g/mol. The van der Waals surface area contributed by atoms with E-state index in [0.29, 0.717) is 29.0 Å². The number of hydrogen-bond donors (Lipinski definition) is 1. The molecule has 0 radical (unpaired) electrons. The van der Waals surface area contributed by atoms with Crippen molar-refractivity contribution >= 4 is 17.5 Å². The number of likely N-dealkylation sites (tertiary alicyclic amines) is 1. The molecule has 4 aliphatic rings. The number of amides is 1. The standard InChI is InChI=1S/C29H37ClN2O2/c30-27-17-23-26(34-27)12-7-14-29(23)19-31-18-24(29)28(33)32-15-13-22(20-8-3-1-4-9-20)16-25(32)21-10-5-2-6-11-21/h1,3-4,8-9,17,21-22,24-25,31H,2,5-7,10-16,18-19H2/p+1/t22-,24+,25+,29+/m1/s1. The van der Waals surface area contributed by atoms with Crippen LogP contribution >= 0.6 is 11.6 Å². The first-order valence-electron chi connectivity index (χ1n) is 13.6. The molecule has 2 saturated heterocycles. The van der Waals surface area contributed by atoms with E-state index in [1.165, 1.54) is 43.2 Å². The lowest BCUT2D eigenvalue weighted by atomic mass is 9.65. The summed E-state index contributed by atoms with van der Waals surface area (Å²) < 4.78 is 5.87. The van der Waals surface area contributed by atoms with Gasteiger partial charge in [-0.2, -0.15) is 0 Å². The second-order valence-electron chi connectivity index (χ2n) is 11.3. The van der Waals surface area contributed by atoms with Crippen LogP contribution in [0.25, 0.3) is 0 Å². The van der Waals surface area contributed by atoms with Crippen molar-refractivity contribution in [3.05, 3.63) is 58.5 Å². The molecule has 0 unspecified atom stereocenters. The highest BCUT2D eigenvalue weighted by Gasteiger charge is 2.56. The fourth-order valence-corrected chi connectivity index (χ4v) is 8.16. The Kier molecular flexibility index (Phi) is 6.23. The van der Waals surface area contributed by atoms with Gasteiger partial charge >= 0.3 is 0 Å². The molecule has 1 spiro atoms. The summed E-state index contributed by atoms with van der Waals surface area (Å²) in [5.74, 6) is 2.67. The average Bonchev–Trinajstić information content (AvgIpc) is 3.48. The summed E-state index contributed by atoms with van der Waals surface area (Å²) in [5, 5.41) is 2.85. The first-order chi connectivity index (χ1) is 16.7. The molecule has 5 heteroatoms. The van der Waals surface area contributed by atoms with Crippen LogP contribution in [0.5, 0.6) is 0 Å². The quantitative estimate of drug-likeness (QED) is 0.666. The molecule has 3 fully saturated rings. The Hall–Kier alpha value is -1.78. The molecule has 1 saturated carbocycles. The Labute approximate surface area is 208 Å². The van der Waals surface area contributed by atoms with E-state index in [1.807, 2.05) is 6.07 Å². The van der Waals surface area contributed by atoms with Gasteiger partial charge in [0.1, 0.15) is 11.7 Å². The number of furan rings is 1. The summed E-state index contributed by atoms with van der Waals surface area (Å²) in [6, 6.07) is 13.4. The van der Waals surface area contributed by atoms with Gasteiger partial charge in [0.15, 0.2) is 5.22 Å². The molecule has 1 aromatic carbocycles. The smallest absolute Gasteiger partial charge is 0.232 e. The van der Waals surface area contributed by atoms with Gasteiger partial charge in [-0.25, -0.2) is 0 Å². The van der Waals surface area contributed by atoms with E-state index in [9.17, 15) is 4.79 Å². The number of halogens is 1. The van der Waals surface area contributed by atoms with E-state index in [2.05, 4.69) is 40.5 Å². The maximum absolute atomic E-state index is 14.4. The molecule has 4 nitrogen and oxygen atoms in total. The molecule has 34 heavy (non-hydrogen) atoms. The summed E-state index contributed by atoms with van der Waals surface area (Å²) in [6.45, 7) is 2.75. The second kappa shape index (κ2) is 9.35. The highest BCUT2D eigenvalue weighted by molar-refractivity contribution is 6.29. The van der Waals surface area contributed by atoms with Crippen LogP contribution < -0.4 is 5.32 Å². The number of benzene rings is 1. The minimum absolute atomic E-state index is 0.0274. The second-order valence-corrected chi connectivity index (χ2v) is 11.7. The molecule has 182 valence electrons. The number of nitrogens with two attached hydrogens (primary N) is 1. The number of piperidine rings is 1. The summed E-state index contributed by atoms with van der Waals surface area (Å²) in [7, 11) is 0. The molecule has 2 aromatic rings. The largest absolute Gasteiger partial charge is 0.449 e. The van der Waals surface area contributed by atoms with E-state index < -0.39 is 0 Å². The van der Waals surface area contributed by atoms with E-state index in [4.69, 9.17) is 16.0 Å². The number of nitrogens with zero attached hydrogens (tertiary/aromatic N) is 1. The van der Waals surface area contributed by atoms with Crippen LogP contribution in [0.15, 0.2) is 40.8 Å². The Morgan fingerprint density at radius 2 is 1.91 bits per heavy atom. The minimum Gasteiger partial charge on any atom is -0.449 e. The van der Waals surface area contributed by atoms with Crippen molar-refractivity contribution in [3.63, 3.8) is 0 Å². The number of hydrogen-bond acceptors (Lipinski definition) is 2. The van der Waals surface area contributed by atoms with E-state index in [0.717, 1.165) is 57.5 Å². The third kappa shape index (κ3) is 3.91. The van der Waals surface area contributed by atoms with Crippen LogP contribution in [0.4, 0.5) is 0 Å². The summed E-state index contributed by atoms with van der Waals surface area (Å²) >= 11 is 6.32. The van der Waals surface area contributed by atoms with Crippen molar-refractivity contribution in [2.45, 2.75) is 81.6 Å². The van der Waals surface area contributed by atoms with Gasteiger partial charge in [0.2, 0.25) is 5.91 Å². The van der Waals surface area contributed by atoms with Crippen LogP contribution in [0.2, 0.25) is 5.22 Å². The lowest BCUT2D eigenvalue weighted by Gasteiger charge is -2.47. The molecule has 1 amide bonds. The van der Waals surface area contributed by atoms with Gasteiger partial charge in [-0.05, 0) is 67.5 Å². The monoisotopic (exact) mass is 481 g/mol. The van der Waals surface area contributed by atoms with Crippen molar-refractivity contribution in [1.82, 2.24) is 4.90 Å². The van der Waals surface area contributed by atoms with Crippen LogP contribution in [0, 0.1) is 11.8 Å². The number of aryl methyl sites for hydroxylation is 1. The highest BCUT2D eigenvalue weighted by Crippen LogP contribution is 2.47. The molecule has 1 aromatic heterocycles. The first kappa shape index (κ1) is 22.7. The Morgan fingerprint density at radius 1 is 1.09 bits per heavy atom. The first-order valence-corrected chi connectivity index (χ1v) is 14.0. The van der Waals surface area contributed by atoms with Gasteiger partial charge in [0, 0.05) is 30.6 Å². The third-order valence-electron chi connectivity index (χ3n) is 9.61. The lowest BCUT2D eigenvalue weighted by molar-refractivity contribution is -0.640. The Morgan fingerprint density at radius 3 is 2.74 bits per heavy atom. The van der Waals surface area contributed by atoms with Gasteiger partial charge in [-0.1, -0.05) is 49.6 Å². The zero-order valence-corrected chi connectivity index (χ0v) is 20.9. The zero-order chi connectivity index (χ0) is 23.1. The fraction of sp³-hybridized carbons (Fsp3) is 0.621. The minimum atomic E-state index is -0.116. The Balaban J connectivity index is 1.30. The maximum atomic E-state index is 14.4. The summed E-state index contributed by atoms with van der Waals surface area (Å²) in [4.78, 5) is 16.8. The average molecular weight is 482 g/mol. The van der Waals surface area contributed by atoms with E-state index in [-0.39, 0.29) is 11.3 Å². The number of fused-ring (bicyclic) bond motifs is 2. The normalized spacial score (nSPS) is 32.1. The van der Waals surface area contributed by atoms with Gasteiger partial charge in [-0.3, -0.25) is 4.79 Å². The topological polar surface area (TPSA) is 50.1 Å². The van der Waals surface area contributed by atoms with E-state index in [1.54, 1.807) is 0 Å². The van der Waals surface area contributed by atoms with Crippen LogP contribution in [-0.2, 0) is 16.6 Å². The SMILES string of the molecule is O=C([C@@H]1C[NH2+]C[C@]12CCCc1oc(Cl)cc12)N1CC[C@@H](c2ccccc2)C[C@H]1C1CCCCC1. The highest BCUT2D eigenvalue weighted by atomic mass is 35.5. The van der Waals surface area contributed by atoms with Crippen molar-refractivity contribution in [1.29, 1.82) is 0 Å². The molecule has 6 rings (SSSR count). The van der Waals surface area contributed by atoms with Gasteiger partial charge in [0.05, 0.1) is 18.5 Å². The predicted molar refractivity (Wildman–Crippen MR) is 134 cm³/mol. The number of rotatable bonds is 3. The molecular formula is C29H38ClN2O2+. The molecule has 3 heterocycles. The van der Waals surface area contributed by atoms with Gasteiger partial charge in [-0.15, -0.1) is 0 Å². The predicted octanol–water partition coefficient (Wildman–Crippen LogP) is 5.06. The number of carbonyl (C=O) groups excluding carboxylic acids is 1. The maximum Gasteiger partial charge on any atom is 0.232 e. The fourth-order valence-electron chi connectivity index (χ4n) is 7.95. The molecule has 2 aliphatic heterocycles. The van der Waals surface area contributed by atoms with Crippen LogP contribution in [0.3, 0.4) is 0 Å². The van der Waals surface area contributed by atoms with Crippen LogP contribution in [0.1, 0.15) is 80.6 Å². The molecule has 2 N–H and O–H groups in total. The molecule has 0 bridgehead atoms. The van der Waals surface area contributed by atoms with Crippen molar-refractivity contribution in [2.75, 3.05) is 19.6 Å². The lowest BCUT2D eigenvalue weighted by Crippen LogP contribution is -2.82. The van der Waals surface area contributed by atoms with Crippen molar-refractivity contribution in [3.8, 4) is 0 Å². The molecule has 4 atom stereocenters. The third-order valence-corrected chi connectivity index (χ3v) is 9.80. The Bertz CT molecular complexity index is 1010. The van der Waals surface area contributed by atoms with Crippen molar-refractivity contribution < 1.29 is 14.5 Å². The van der Waals surface area contributed by atoms with Gasteiger partial charge < -0.3 is 14.6 Å². The zero-order valence-electron chi connectivity index (χ0n) is 20.2. The summed E-state index contributed by atoms with van der Waals surface area (Å²) in [5.41, 5.74) is 2.56. The van der Waals surface area contributed by atoms with Crippen LogP contribution in [-0.4, -0.2) is 36.5 Å². The summed E-state index contributed by atoms with van der Waals surface area (Å²) in [6.07, 6.45) is 11.8. The van der Waals surface area contributed by atoms with E-state index >= 15 is 0 Å². The molecule has 2 aliphatic carbocycles. The number of carbonyl (C=O) groups is 1. The van der Waals surface area contributed by atoms with Crippen molar-refractivity contribution in [2.24, 2.45) is 11.8 Å².